The maximum Gasteiger partial charge on any atom is 0.338 e. The summed E-state index contributed by atoms with van der Waals surface area (Å²) in [6.45, 7) is 8.71. The monoisotopic (exact) mass is 365 g/mol. The van der Waals surface area contributed by atoms with E-state index in [2.05, 4.69) is 31.1 Å². The summed E-state index contributed by atoms with van der Waals surface area (Å²) in [4.78, 5) is 24.5. The van der Waals surface area contributed by atoms with Crippen LogP contribution in [0.5, 0.6) is 0 Å². The quantitative estimate of drug-likeness (QED) is 0.508. The van der Waals surface area contributed by atoms with Crippen molar-refractivity contribution >= 4 is 22.8 Å². The lowest BCUT2D eigenvalue weighted by molar-refractivity contribution is 0.0475. The molecule has 2 aromatic carbocycles. The number of fused-ring (bicyclic) bond motifs is 1. The van der Waals surface area contributed by atoms with Gasteiger partial charge in [-0.05, 0) is 36.1 Å². The fourth-order valence-corrected chi connectivity index (χ4v) is 2.79. The molecule has 0 saturated carbocycles. The van der Waals surface area contributed by atoms with Gasteiger partial charge in [0.1, 0.15) is 5.52 Å². The molecule has 6 nitrogen and oxygen atoms in total. The molecule has 140 valence electrons. The topological polar surface area (TPSA) is 74.1 Å². The number of carbonyl (C=O) groups excluding carboxylic acids is 2. The number of hydrogen-bond donors (Lipinski definition) is 0. The number of aromatic nitrogens is 3. The Labute approximate surface area is 158 Å². The molecule has 3 rings (SSSR count). The summed E-state index contributed by atoms with van der Waals surface area (Å²) in [5.74, 6) is -0.788. The second kappa shape index (κ2) is 7.31. The highest BCUT2D eigenvalue weighted by atomic mass is 16.5. The van der Waals surface area contributed by atoms with E-state index in [4.69, 9.17) is 4.74 Å². The Hall–Kier alpha value is -3.02. The van der Waals surface area contributed by atoms with Crippen molar-refractivity contribution in [1.29, 1.82) is 0 Å². The molecule has 0 aliphatic carbocycles. The predicted molar refractivity (Wildman–Crippen MR) is 103 cm³/mol. The highest BCUT2D eigenvalue weighted by Gasteiger charge is 2.16. The molecule has 27 heavy (non-hydrogen) atoms. The van der Waals surface area contributed by atoms with E-state index < -0.39 is 5.97 Å². The highest BCUT2D eigenvalue weighted by Crippen LogP contribution is 2.22. The molecule has 0 bridgehead atoms. The summed E-state index contributed by atoms with van der Waals surface area (Å²) in [5, 5.41) is 8.05. The molecule has 0 spiro atoms. The first kappa shape index (κ1) is 18.8. The number of Topliss-reactive ketones (excluding diaryl/α,β-unsaturated/α-hetero) is 1. The first-order valence-corrected chi connectivity index (χ1v) is 8.93. The van der Waals surface area contributed by atoms with Crippen LogP contribution in [-0.4, -0.2) is 33.4 Å². The number of ether oxygens (including phenoxy) is 1. The predicted octanol–water partition coefficient (Wildman–Crippen LogP) is 3.79. The van der Waals surface area contributed by atoms with Crippen LogP contribution in [0.4, 0.5) is 0 Å². The normalized spacial score (nSPS) is 11.6. The van der Waals surface area contributed by atoms with Crippen LogP contribution in [0.25, 0.3) is 11.0 Å². The van der Waals surface area contributed by atoms with Crippen molar-refractivity contribution < 1.29 is 14.3 Å². The van der Waals surface area contributed by atoms with Gasteiger partial charge in [0.05, 0.1) is 11.1 Å². The van der Waals surface area contributed by atoms with Crippen LogP contribution >= 0.6 is 0 Å². The van der Waals surface area contributed by atoms with Gasteiger partial charge in [-0.1, -0.05) is 50.3 Å². The van der Waals surface area contributed by atoms with Gasteiger partial charge in [-0.2, -0.15) is 0 Å². The highest BCUT2D eigenvalue weighted by molar-refractivity contribution is 6.00. The molecular weight excluding hydrogens is 342 g/mol. The van der Waals surface area contributed by atoms with E-state index in [0.717, 1.165) is 11.1 Å². The van der Waals surface area contributed by atoms with Gasteiger partial charge < -0.3 is 4.74 Å². The van der Waals surface area contributed by atoms with Crippen molar-refractivity contribution in [3.63, 3.8) is 0 Å². The molecule has 0 unspecified atom stereocenters. The van der Waals surface area contributed by atoms with E-state index in [-0.39, 0.29) is 17.8 Å². The number of rotatable bonds is 5. The molecule has 0 radical (unpaired) electrons. The Bertz CT molecular complexity index is 982. The van der Waals surface area contributed by atoms with Crippen molar-refractivity contribution in [3.8, 4) is 0 Å². The third kappa shape index (κ3) is 4.05. The number of aryl methyl sites for hydroxylation is 1. The van der Waals surface area contributed by atoms with E-state index in [1.54, 1.807) is 35.0 Å². The lowest BCUT2D eigenvalue weighted by Gasteiger charge is -2.18. The first-order chi connectivity index (χ1) is 12.8. The van der Waals surface area contributed by atoms with E-state index in [1.165, 1.54) is 0 Å². The molecule has 0 aliphatic rings. The SMILES string of the molecule is CCn1nnc2cc(C(=O)OCC(=O)c3ccc(C(C)(C)C)cc3)ccc21. The van der Waals surface area contributed by atoms with Gasteiger partial charge in [0, 0.05) is 12.1 Å². The van der Waals surface area contributed by atoms with Crippen molar-refractivity contribution in [2.45, 2.75) is 39.7 Å². The number of carbonyl (C=O) groups is 2. The molecule has 3 aromatic rings. The summed E-state index contributed by atoms with van der Waals surface area (Å²) in [5.41, 5.74) is 3.51. The molecule has 6 heteroatoms. The summed E-state index contributed by atoms with van der Waals surface area (Å²) >= 11 is 0. The van der Waals surface area contributed by atoms with Crippen LogP contribution in [0.2, 0.25) is 0 Å². The Kier molecular flexibility index (Phi) is 5.08. The van der Waals surface area contributed by atoms with Crippen LogP contribution in [0.15, 0.2) is 42.5 Å². The second-order valence-electron chi connectivity index (χ2n) is 7.44. The van der Waals surface area contributed by atoms with Crippen molar-refractivity contribution in [2.75, 3.05) is 6.61 Å². The Morgan fingerprint density at radius 3 is 2.33 bits per heavy atom. The number of esters is 1. The molecule has 0 aliphatic heterocycles. The van der Waals surface area contributed by atoms with Gasteiger partial charge in [-0.15, -0.1) is 5.10 Å². The molecule has 0 atom stereocenters. The minimum Gasteiger partial charge on any atom is -0.454 e. The van der Waals surface area contributed by atoms with Gasteiger partial charge in [-0.3, -0.25) is 4.79 Å². The zero-order chi connectivity index (χ0) is 19.6. The smallest absolute Gasteiger partial charge is 0.338 e. The minimum atomic E-state index is -0.553. The Balaban J connectivity index is 1.65. The van der Waals surface area contributed by atoms with Gasteiger partial charge in [0.2, 0.25) is 0 Å². The summed E-state index contributed by atoms with van der Waals surface area (Å²) in [6, 6.07) is 12.5. The van der Waals surface area contributed by atoms with Gasteiger partial charge in [0.15, 0.2) is 12.4 Å². The van der Waals surface area contributed by atoms with E-state index >= 15 is 0 Å². The van der Waals surface area contributed by atoms with Crippen LogP contribution in [0.1, 0.15) is 54.0 Å². The molecule has 1 heterocycles. The van der Waals surface area contributed by atoms with Crippen molar-refractivity contribution in [3.05, 3.63) is 59.2 Å². The number of ketones is 1. The summed E-state index contributed by atoms with van der Waals surface area (Å²) in [6.07, 6.45) is 0. The average Bonchev–Trinajstić information content (AvgIpc) is 3.07. The molecule has 1 aromatic heterocycles. The van der Waals surface area contributed by atoms with Crippen molar-refractivity contribution in [1.82, 2.24) is 15.0 Å². The van der Waals surface area contributed by atoms with Gasteiger partial charge in [0.25, 0.3) is 0 Å². The lowest BCUT2D eigenvalue weighted by atomic mass is 9.86. The largest absolute Gasteiger partial charge is 0.454 e. The zero-order valence-electron chi connectivity index (χ0n) is 16.0. The zero-order valence-corrected chi connectivity index (χ0v) is 16.0. The Morgan fingerprint density at radius 1 is 1.04 bits per heavy atom. The van der Waals surface area contributed by atoms with Gasteiger partial charge in [-0.25, -0.2) is 9.48 Å². The molecule has 0 amide bonds. The molecular formula is C21H23N3O3. The number of nitrogens with zero attached hydrogens (tertiary/aromatic N) is 3. The van der Waals surface area contributed by atoms with Gasteiger partial charge >= 0.3 is 5.97 Å². The summed E-state index contributed by atoms with van der Waals surface area (Å²) in [7, 11) is 0. The molecule has 0 saturated heterocycles. The number of hydrogen-bond acceptors (Lipinski definition) is 5. The summed E-state index contributed by atoms with van der Waals surface area (Å²) < 4.78 is 6.93. The van der Waals surface area contributed by atoms with E-state index in [9.17, 15) is 9.59 Å². The molecule has 0 fully saturated rings. The van der Waals surface area contributed by atoms with Crippen molar-refractivity contribution in [2.24, 2.45) is 0 Å². The average molecular weight is 365 g/mol. The fraction of sp³-hybridized carbons (Fsp3) is 0.333. The fourth-order valence-electron chi connectivity index (χ4n) is 2.79. The van der Waals surface area contributed by atoms with Crippen LogP contribution in [0.3, 0.4) is 0 Å². The van der Waals surface area contributed by atoms with E-state index in [0.29, 0.717) is 23.2 Å². The van der Waals surface area contributed by atoms with E-state index in [1.807, 2.05) is 19.1 Å². The number of benzene rings is 2. The lowest BCUT2D eigenvalue weighted by Crippen LogP contribution is -2.15. The van der Waals surface area contributed by atoms with Crippen LogP contribution in [0, 0.1) is 0 Å². The maximum absolute atomic E-state index is 12.3. The standard InChI is InChI=1S/C21H23N3O3/c1-5-24-18-11-8-15(12-17(18)22-23-24)20(26)27-13-19(25)14-6-9-16(10-7-14)21(2,3)4/h6-12H,5,13H2,1-4H3. The van der Waals surface area contributed by atoms with Crippen LogP contribution < -0.4 is 0 Å². The molecule has 0 N–H and O–H groups in total. The maximum atomic E-state index is 12.3. The Morgan fingerprint density at radius 2 is 1.70 bits per heavy atom. The van der Waals surface area contributed by atoms with Crippen LogP contribution in [-0.2, 0) is 16.7 Å². The third-order valence-corrected chi connectivity index (χ3v) is 4.46. The third-order valence-electron chi connectivity index (χ3n) is 4.46. The minimum absolute atomic E-state index is 0.0201. The first-order valence-electron chi connectivity index (χ1n) is 8.93. The second-order valence-corrected chi connectivity index (χ2v) is 7.44.